The average Bonchev–Trinajstić information content (AvgIpc) is 3.31. The number of nitrogens with one attached hydrogen (secondary N) is 3. The molecule has 2 aromatic rings. The number of Topliss-reactive ketones (excluding diaryl/α,β-unsaturated/α-hetero) is 1. The van der Waals surface area contributed by atoms with Crippen LogP contribution in [0.2, 0.25) is 0 Å². The molecular formula is C31H30FN5O4S. The summed E-state index contributed by atoms with van der Waals surface area (Å²) in [6.45, 7) is 6.47. The fourth-order valence-electron chi connectivity index (χ4n) is 4.70. The summed E-state index contributed by atoms with van der Waals surface area (Å²) in [6.07, 6.45) is 7.65. The number of ketones is 1. The second kappa shape index (κ2) is 11.7. The summed E-state index contributed by atoms with van der Waals surface area (Å²) in [6, 6.07) is 3.86. The first-order valence-corrected chi connectivity index (χ1v) is 14.2. The zero-order valence-corrected chi connectivity index (χ0v) is 24.5. The lowest BCUT2D eigenvalue weighted by Gasteiger charge is -2.28. The quantitative estimate of drug-likeness (QED) is 0.392. The molecule has 5 rings (SSSR count). The molecule has 216 valence electrons. The maximum absolute atomic E-state index is 13.8. The Hall–Kier alpha value is -4.56. The number of aliphatic imine (C=N–C) groups is 1. The van der Waals surface area contributed by atoms with Gasteiger partial charge in [-0.15, -0.1) is 0 Å². The molecule has 0 fully saturated rings. The number of dihydropyridines is 1. The molecule has 0 atom stereocenters. The number of nitrogens with zero attached hydrogens (tertiary/aromatic N) is 2. The number of aromatic amines is 1. The molecule has 1 aliphatic carbocycles. The van der Waals surface area contributed by atoms with Crippen molar-refractivity contribution < 1.29 is 23.5 Å². The summed E-state index contributed by atoms with van der Waals surface area (Å²) in [5.41, 5.74) is 9.91. The van der Waals surface area contributed by atoms with Gasteiger partial charge < -0.3 is 25.3 Å². The van der Waals surface area contributed by atoms with Gasteiger partial charge >= 0.3 is 0 Å². The van der Waals surface area contributed by atoms with E-state index in [1.807, 2.05) is 32.9 Å². The summed E-state index contributed by atoms with van der Waals surface area (Å²) in [7, 11) is 1.33. The number of benzene rings is 1. The van der Waals surface area contributed by atoms with E-state index in [-0.39, 0.29) is 40.2 Å². The van der Waals surface area contributed by atoms with Crippen LogP contribution < -0.4 is 15.4 Å². The number of carbonyl (C=O) groups excluding carboxylic acids is 3. The summed E-state index contributed by atoms with van der Waals surface area (Å²) < 4.78 is 18.5. The Morgan fingerprint density at radius 3 is 2.76 bits per heavy atom. The lowest BCUT2D eigenvalue weighted by molar-refractivity contribution is 0.0929. The van der Waals surface area contributed by atoms with E-state index in [2.05, 4.69) is 32.1 Å². The van der Waals surface area contributed by atoms with E-state index in [0.29, 0.717) is 47.1 Å². The second-order valence-corrected chi connectivity index (χ2v) is 12.6. The zero-order valence-electron chi connectivity index (χ0n) is 23.7. The molecule has 0 saturated carbocycles. The lowest BCUT2D eigenvalue weighted by Crippen LogP contribution is -2.38. The first-order valence-electron chi connectivity index (χ1n) is 13.3. The highest BCUT2D eigenvalue weighted by Crippen LogP contribution is 2.38. The first-order chi connectivity index (χ1) is 20.0. The Bertz CT molecular complexity index is 1680. The van der Waals surface area contributed by atoms with Gasteiger partial charge in [0.2, 0.25) is 0 Å². The maximum atomic E-state index is 13.8. The molecule has 0 radical (unpaired) electrons. The van der Waals surface area contributed by atoms with Crippen molar-refractivity contribution in [2.24, 2.45) is 4.99 Å². The number of H-pyrrole nitrogens is 1. The Kier molecular flexibility index (Phi) is 8.09. The number of methoxy groups -OCH3 is 1. The van der Waals surface area contributed by atoms with Crippen LogP contribution in [-0.2, 0) is 6.54 Å². The molecule has 2 aliphatic heterocycles. The van der Waals surface area contributed by atoms with Crippen molar-refractivity contribution in [2.45, 2.75) is 38.5 Å². The molecule has 0 saturated heterocycles. The van der Waals surface area contributed by atoms with Crippen molar-refractivity contribution in [3.05, 3.63) is 88.0 Å². The third-order valence-corrected chi connectivity index (χ3v) is 7.60. The van der Waals surface area contributed by atoms with E-state index in [1.54, 1.807) is 17.1 Å². The third kappa shape index (κ3) is 6.34. The first kappa shape index (κ1) is 29.0. The van der Waals surface area contributed by atoms with Gasteiger partial charge in [0.15, 0.2) is 17.3 Å². The number of allylic oxidation sites excluding steroid dienone is 3. The maximum Gasteiger partial charge on any atom is 0.282 e. The highest BCUT2D eigenvalue weighted by Gasteiger charge is 2.34. The summed E-state index contributed by atoms with van der Waals surface area (Å²) in [5, 5.41) is 5.94. The van der Waals surface area contributed by atoms with Crippen LogP contribution in [0, 0.1) is 5.82 Å². The van der Waals surface area contributed by atoms with E-state index >= 15 is 0 Å². The number of hydrogen-bond acceptors (Lipinski definition) is 7. The number of carbonyl (C=O) groups is 3. The molecule has 3 N–H and O–H groups in total. The van der Waals surface area contributed by atoms with Crippen LogP contribution >= 0.6 is 11.8 Å². The molecule has 3 heterocycles. The number of ether oxygens (including phenoxy) is 1. The number of aromatic nitrogens is 1. The number of halogens is 1. The second-order valence-electron chi connectivity index (χ2n) is 10.8. The lowest BCUT2D eigenvalue weighted by atomic mass is 10.00. The summed E-state index contributed by atoms with van der Waals surface area (Å²) >= 11 is 1.19. The minimum absolute atomic E-state index is 0.0333. The van der Waals surface area contributed by atoms with E-state index in [9.17, 15) is 18.8 Å². The number of rotatable bonds is 5. The number of thioether (sulfide) groups is 1. The normalized spacial score (nSPS) is 16.0. The van der Waals surface area contributed by atoms with Gasteiger partial charge in [0.25, 0.3) is 11.1 Å². The van der Waals surface area contributed by atoms with Crippen LogP contribution in [0.25, 0.3) is 5.57 Å². The monoisotopic (exact) mass is 587 g/mol. The molecule has 42 heavy (non-hydrogen) atoms. The summed E-state index contributed by atoms with van der Waals surface area (Å²) in [5.74, 6) is -0.934. The van der Waals surface area contributed by atoms with Crippen molar-refractivity contribution in [3.63, 3.8) is 0 Å². The third-order valence-electron chi connectivity index (χ3n) is 6.55. The average molecular weight is 588 g/mol. The Morgan fingerprint density at radius 1 is 1.24 bits per heavy atom. The van der Waals surface area contributed by atoms with E-state index < -0.39 is 11.7 Å². The van der Waals surface area contributed by atoms with Gasteiger partial charge in [0, 0.05) is 22.5 Å². The number of hydrogen-bond donors (Lipinski definition) is 3. The van der Waals surface area contributed by atoms with E-state index in [4.69, 9.17) is 4.74 Å². The molecule has 9 nitrogen and oxygen atoms in total. The van der Waals surface area contributed by atoms with E-state index in [1.165, 1.54) is 37.1 Å². The number of anilines is 1. The molecule has 0 bridgehead atoms. The van der Waals surface area contributed by atoms with Crippen molar-refractivity contribution in [3.8, 4) is 5.75 Å². The van der Waals surface area contributed by atoms with Crippen LogP contribution in [-0.4, -0.2) is 57.6 Å². The number of fused-ring (bicyclic) bond motifs is 1. The Morgan fingerprint density at radius 2 is 2.05 bits per heavy atom. The molecule has 1 aromatic heterocycles. The highest BCUT2D eigenvalue weighted by atomic mass is 32.2. The number of amidine groups is 1. The highest BCUT2D eigenvalue weighted by molar-refractivity contribution is 8.14. The van der Waals surface area contributed by atoms with Gasteiger partial charge in [-0.25, -0.2) is 4.39 Å². The van der Waals surface area contributed by atoms with Gasteiger partial charge in [-0.3, -0.25) is 19.4 Å². The molecule has 3 aliphatic rings. The minimum atomic E-state index is -0.568. The Labute approximate surface area is 247 Å². The molecule has 11 heteroatoms. The molecule has 1 aromatic carbocycles. The Balaban J connectivity index is 1.48. The van der Waals surface area contributed by atoms with Gasteiger partial charge in [0.1, 0.15) is 5.84 Å². The topological polar surface area (TPSA) is 116 Å². The fourth-order valence-corrected chi connectivity index (χ4v) is 5.48. The predicted octanol–water partition coefficient (Wildman–Crippen LogP) is 5.60. The minimum Gasteiger partial charge on any atom is -0.494 e. The van der Waals surface area contributed by atoms with Crippen molar-refractivity contribution in [1.82, 2.24) is 15.2 Å². The van der Waals surface area contributed by atoms with Crippen LogP contribution in [0.3, 0.4) is 0 Å². The smallest absolute Gasteiger partial charge is 0.282 e. The van der Waals surface area contributed by atoms with Gasteiger partial charge in [-0.05, 0) is 54.2 Å². The van der Waals surface area contributed by atoms with E-state index in [0.717, 1.165) is 5.57 Å². The van der Waals surface area contributed by atoms with Crippen LogP contribution in [0.5, 0.6) is 5.75 Å². The zero-order chi connectivity index (χ0) is 30.0. The SMILES string of the molecule is COc1cc(C(=O)NC2=NCCC(c3[nH]c4c(c3NC3=C=C=CC=C3)C(=O)CN(C(=O)SC(C)(C)C)C4)=C2)ccc1F. The van der Waals surface area contributed by atoms with Crippen LogP contribution in [0.1, 0.15) is 59.3 Å². The van der Waals surface area contributed by atoms with Gasteiger partial charge in [0.05, 0.1) is 42.8 Å². The van der Waals surface area contributed by atoms with Crippen LogP contribution in [0.4, 0.5) is 14.9 Å². The van der Waals surface area contributed by atoms with Crippen molar-refractivity contribution in [1.29, 1.82) is 0 Å². The van der Waals surface area contributed by atoms with Crippen LogP contribution in [0.15, 0.2) is 64.7 Å². The van der Waals surface area contributed by atoms with Gasteiger partial charge in [-0.2, -0.15) is 0 Å². The number of amides is 2. The predicted molar refractivity (Wildman–Crippen MR) is 161 cm³/mol. The summed E-state index contributed by atoms with van der Waals surface area (Å²) in [4.78, 5) is 48.8. The molecule has 0 unspecified atom stereocenters. The molecule has 0 spiro atoms. The van der Waals surface area contributed by atoms with Gasteiger partial charge in [-0.1, -0.05) is 44.3 Å². The largest absolute Gasteiger partial charge is 0.494 e. The molecular weight excluding hydrogens is 557 g/mol. The standard InChI is InChI=1S/C31H30FN5O4S/c1-31(2,3)42-30(40)37-16-22-26(23(38)17-37)28(34-20-8-6-5-7-9-20)27(35-22)18-12-13-33-25(15-18)36-29(39)19-10-11-21(32)24(14-19)41-4/h5-6,8,10-11,14-15,34-35H,12-13,16-17H2,1-4H3,(H,33,36,39). The fraction of sp³-hybridized carbons (Fsp3) is 0.290. The van der Waals surface area contributed by atoms with Crippen molar-refractivity contribution in [2.75, 3.05) is 25.5 Å². The van der Waals surface area contributed by atoms with Crippen molar-refractivity contribution >= 4 is 45.8 Å². The molecule has 2 amide bonds.